The number of thioether (sulfide) groups is 1. The summed E-state index contributed by atoms with van der Waals surface area (Å²) in [5.74, 6) is 2.61. The second-order valence-electron chi connectivity index (χ2n) is 1.97. The number of hydrogen-bond donors (Lipinski definition) is 0. The summed E-state index contributed by atoms with van der Waals surface area (Å²) in [7, 11) is 0. The Balaban J connectivity index is 2.75. The van der Waals surface area contributed by atoms with E-state index in [0.29, 0.717) is 0 Å². The van der Waals surface area contributed by atoms with Crippen LogP contribution in [0.5, 0.6) is 0 Å². The molecule has 0 aliphatic rings. The average molecular weight is 144 g/mol. The van der Waals surface area contributed by atoms with Crippen LogP contribution < -0.4 is 0 Å². The maximum absolute atomic E-state index is 2.22. The molecule has 54 valence electrons. The van der Waals surface area contributed by atoms with E-state index in [1.165, 1.54) is 24.3 Å². The van der Waals surface area contributed by atoms with Crippen LogP contribution in [0.4, 0.5) is 0 Å². The molecule has 0 aliphatic carbocycles. The number of rotatable bonds is 5. The van der Waals surface area contributed by atoms with E-state index in [-0.39, 0.29) is 0 Å². The lowest BCUT2D eigenvalue weighted by molar-refractivity contribution is 1.10. The molecule has 0 radical (unpaired) electrons. The first-order chi connectivity index (χ1) is 4.41. The highest BCUT2D eigenvalue weighted by Crippen LogP contribution is 2.03. The fraction of sp³-hybridized carbons (Fsp3) is 0.750. The van der Waals surface area contributed by atoms with Crippen LogP contribution in [0.25, 0.3) is 0 Å². The van der Waals surface area contributed by atoms with E-state index >= 15 is 0 Å². The molecule has 0 atom stereocenters. The van der Waals surface area contributed by atoms with Crippen LogP contribution >= 0.6 is 11.8 Å². The highest BCUT2D eigenvalue weighted by atomic mass is 32.2. The molecule has 0 nitrogen and oxygen atoms in total. The molecular formula is C8H16S. The monoisotopic (exact) mass is 144 g/mol. The molecule has 0 fully saturated rings. The largest absolute Gasteiger partial charge is 0.162 e. The molecule has 0 saturated carbocycles. The Morgan fingerprint density at radius 3 is 2.67 bits per heavy atom. The van der Waals surface area contributed by atoms with Gasteiger partial charge in [0.2, 0.25) is 0 Å². The van der Waals surface area contributed by atoms with Gasteiger partial charge in [-0.3, -0.25) is 0 Å². The lowest BCUT2D eigenvalue weighted by atomic mass is 10.4. The third-order valence-corrected chi connectivity index (χ3v) is 2.23. The van der Waals surface area contributed by atoms with Crippen LogP contribution in [0.1, 0.15) is 26.7 Å². The van der Waals surface area contributed by atoms with Crippen molar-refractivity contribution < 1.29 is 0 Å². The highest BCUT2D eigenvalue weighted by molar-refractivity contribution is 7.99. The van der Waals surface area contributed by atoms with Crippen molar-refractivity contribution in [2.45, 2.75) is 26.7 Å². The Bertz CT molecular complexity index is 67.0. The molecule has 0 aromatic carbocycles. The van der Waals surface area contributed by atoms with Crippen LogP contribution in [0.15, 0.2) is 12.2 Å². The normalized spacial score (nSPS) is 10.9. The van der Waals surface area contributed by atoms with Gasteiger partial charge in [0.15, 0.2) is 0 Å². The molecule has 1 heteroatoms. The molecule has 0 aromatic heterocycles. The van der Waals surface area contributed by atoms with Crippen molar-refractivity contribution in [3.8, 4) is 0 Å². The Kier molecular flexibility index (Phi) is 8.17. The molecule has 0 aliphatic heterocycles. The van der Waals surface area contributed by atoms with Gasteiger partial charge in [0, 0.05) is 0 Å². The van der Waals surface area contributed by atoms with E-state index in [1.54, 1.807) is 0 Å². The molecule has 0 aromatic rings. The first-order valence-corrected chi connectivity index (χ1v) is 4.76. The van der Waals surface area contributed by atoms with Crippen molar-refractivity contribution in [1.29, 1.82) is 0 Å². The molecular weight excluding hydrogens is 128 g/mol. The van der Waals surface area contributed by atoms with Crippen LogP contribution in [0.2, 0.25) is 0 Å². The minimum absolute atomic E-state index is 1.24. The van der Waals surface area contributed by atoms with Crippen molar-refractivity contribution in [2.75, 3.05) is 11.5 Å². The SMILES string of the molecule is CC=CCCSCCC. The van der Waals surface area contributed by atoms with Gasteiger partial charge in [0.1, 0.15) is 0 Å². The summed E-state index contributed by atoms with van der Waals surface area (Å²) in [5, 5.41) is 0. The first kappa shape index (κ1) is 9.09. The molecule has 0 bridgehead atoms. The van der Waals surface area contributed by atoms with Crippen molar-refractivity contribution in [2.24, 2.45) is 0 Å². The van der Waals surface area contributed by atoms with Crippen molar-refractivity contribution in [1.82, 2.24) is 0 Å². The molecule has 0 unspecified atom stereocenters. The molecule has 0 rings (SSSR count). The predicted molar refractivity (Wildman–Crippen MR) is 47.0 cm³/mol. The summed E-state index contributed by atoms with van der Waals surface area (Å²) in [6, 6.07) is 0. The van der Waals surface area contributed by atoms with Gasteiger partial charge in [-0.2, -0.15) is 11.8 Å². The average Bonchev–Trinajstić information content (AvgIpc) is 1.89. The maximum Gasteiger partial charge on any atom is -0.00329 e. The highest BCUT2D eigenvalue weighted by Gasteiger charge is 1.82. The second kappa shape index (κ2) is 8.09. The molecule has 0 N–H and O–H groups in total. The quantitative estimate of drug-likeness (QED) is 0.422. The summed E-state index contributed by atoms with van der Waals surface area (Å²) in [6.07, 6.45) is 6.89. The van der Waals surface area contributed by atoms with E-state index in [9.17, 15) is 0 Å². The van der Waals surface area contributed by atoms with Crippen molar-refractivity contribution in [3.63, 3.8) is 0 Å². The maximum atomic E-state index is 2.22. The minimum Gasteiger partial charge on any atom is -0.162 e. The van der Waals surface area contributed by atoms with Gasteiger partial charge >= 0.3 is 0 Å². The fourth-order valence-electron chi connectivity index (χ4n) is 0.564. The summed E-state index contributed by atoms with van der Waals surface area (Å²) in [4.78, 5) is 0. The van der Waals surface area contributed by atoms with Gasteiger partial charge in [-0.15, -0.1) is 0 Å². The number of allylic oxidation sites excluding steroid dienone is 2. The standard InChI is InChI=1S/C8H16S/c1-3-5-6-8-9-7-4-2/h3,5H,4,6-8H2,1-2H3. The molecule has 9 heavy (non-hydrogen) atoms. The summed E-state index contributed by atoms with van der Waals surface area (Å²) < 4.78 is 0. The molecule has 0 saturated heterocycles. The van der Waals surface area contributed by atoms with Gasteiger partial charge in [-0.1, -0.05) is 19.1 Å². The minimum atomic E-state index is 1.24. The van der Waals surface area contributed by atoms with Crippen LogP contribution in [0.3, 0.4) is 0 Å². The van der Waals surface area contributed by atoms with Gasteiger partial charge in [-0.25, -0.2) is 0 Å². The van der Waals surface area contributed by atoms with Crippen molar-refractivity contribution >= 4 is 11.8 Å². The van der Waals surface area contributed by atoms with E-state index in [4.69, 9.17) is 0 Å². The van der Waals surface area contributed by atoms with E-state index in [2.05, 4.69) is 26.0 Å². The summed E-state index contributed by atoms with van der Waals surface area (Å²) in [5.41, 5.74) is 0. The van der Waals surface area contributed by atoms with Gasteiger partial charge in [0.05, 0.1) is 0 Å². The van der Waals surface area contributed by atoms with Gasteiger partial charge in [-0.05, 0) is 31.3 Å². The summed E-state index contributed by atoms with van der Waals surface area (Å²) >= 11 is 2.04. The van der Waals surface area contributed by atoms with Crippen molar-refractivity contribution in [3.05, 3.63) is 12.2 Å². The lowest BCUT2D eigenvalue weighted by Crippen LogP contribution is -1.78. The predicted octanol–water partition coefficient (Wildman–Crippen LogP) is 3.10. The zero-order chi connectivity index (χ0) is 6.95. The Labute approximate surface area is 62.7 Å². The Hall–Kier alpha value is 0.0900. The van der Waals surface area contributed by atoms with E-state index < -0.39 is 0 Å². The molecule has 0 heterocycles. The zero-order valence-electron chi connectivity index (χ0n) is 6.39. The van der Waals surface area contributed by atoms with Gasteiger partial charge < -0.3 is 0 Å². The molecule has 0 spiro atoms. The van der Waals surface area contributed by atoms with Crippen LogP contribution in [-0.2, 0) is 0 Å². The summed E-state index contributed by atoms with van der Waals surface area (Å²) in [6.45, 7) is 4.30. The smallest absolute Gasteiger partial charge is 0.00329 e. The number of hydrogen-bond acceptors (Lipinski definition) is 1. The van der Waals surface area contributed by atoms with Gasteiger partial charge in [0.25, 0.3) is 0 Å². The van der Waals surface area contributed by atoms with Crippen LogP contribution in [0, 0.1) is 0 Å². The Morgan fingerprint density at radius 2 is 2.11 bits per heavy atom. The fourth-order valence-corrected chi connectivity index (χ4v) is 1.36. The second-order valence-corrected chi connectivity index (χ2v) is 3.19. The van der Waals surface area contributed by atoms with Crippen LogP contribution in [-0.4, -0.2) is 11.5 Å². The zero-order valence-corrected chi connectivity index (χ0v) is 7.21. The third-order valence-electron chi connectivity index (χ3n) is 1.01. The Morgan fingerprint density at radius 1 is 1.33 bits per heavy atom. The molecule has 0 amide bonds. The topological polar surface area (TPSA) is 0 Å². The first-order valence-electron chi connectivity index (χ1n) is 3.60. The van der Waals surface area contributed by atoms with E-state index in [0.717, 1.165) is 0 Å². The van der Waals surface area contributed by atoms with E-state index in [1.807, 2.05) is 11.8 Å². The lowest BCUT2D eigenvalue weighted by Gasteiger charge is -1.92. The third kappa shape index (κ3) is 8.09.